The maximum absolute atomic E-state index is 10.0. The highest BCUT2D eigenvalue weighted by Crippen LogP contribution is 2.55. The molecule has 0 spiro atoms. The van der Waals surface area contributed by atoms with Crippen LogP contribution in [0.2, 0.25) is 0 Å². The Balaban J connectivity index is 2.23. The van der Waals surface area contributed by atoms with E-state index in [1.807, 2.05) is 36.4 Å². The van der Waals surface area contributed by atoms with Gasteiger partial charge in [0.05, 0.1) is 6.10 Å². The van der Waals surface area contributed by atoms with E-state index in [0.717, 1.165) is 18.4 Å². The van der Waals surface area contributed by atoms with Crippen molar-refractivity contribution >= 4 is 0 Å². The molecule has 0 aromatic heterocycles. The average Bonchev–Trinajstić information content (AvgIpc) is 2.99. The molecule has 1 saturated carbocycles. The Hall–Kier alpha value is -1.08. The van der Waals surface area contributed by atoms with E-state index in [1.165, 1.54) is 0 Å². The molecule has 0 bridgehead atoms. The van der Waals surface area contributed by atoms with E-state index in [0.29, 0.717) is 0 Å². The molecule has 0 aliphatic heterocycles. The first kappa shape index (κ1) is 8.52. The first-order valence-corrected chi connectivity index (χ1v) is 4.65. The van der Waals surface area contributed by atoms with Gasteiger partial charge in [-0.1, -0.05) is 36.4 Å². The number of benzene rings is 1. The summed E-state index contributed by atoms with van der Waals surface area (Å²) < 4.78 is 0. The standard InChI is InChI=1S/C12H14O/c1-2-12(8-9-12)11(13)10-6-4-3-5-7-10/h2-7,11,13H,1,8-9H2. The molecule has 0 radical (unpaired) electrons. The lowest BCUT2D eigenvalue weighted by atomic mass is 9.93. The van der Waals surface area contributed by atoms with Crippen LogP contribution in [0, 0.1) is 5.41 Å². The van der Waals surface area contributed by atoms with E-state index in [4.69, 9.17) is 0 Å². The zero-order valence-electron chi connectivity index (χ0n) is 7.61. The van der Waals surface area contributed by atoms with Crippen molar-refractivity contribution in [1.82, 2.24) is 0 Å². The summed E-state index contributed by atoms with van der Waals surface area (Å²) in [5.41, 5.74) is 0.973. The topological polar surface area (TPSA) is 20.2 Å². The molecule has 1 nitrogen and oxygen atoms in total. The lowest BCUT2D eigenvalue weighted by molar-refractivity contribution is 0.119. The van der Waals surface area contributed by atoms with Gasteiger partial charge in [-0.15, -0.1) is 6.58 Å². The molecule has 1 aliphatic rings. The maximum atomic E-state index is 10.0. The van der Waals surface area contributed by atoms with E-state index in [2.05, 4.69) is 6.58 Å². The van der Waals surface area contributed by atoms with E-state index < -0.39 is 0 Å². The number of aliphatic hydroxyl groups is 1. The monoisotopic (exact) mass is 174 g/mol. The minimum atomic E-state index is -0.369. The minimum absolute atomic E-state index is 0.0264. The van der Waals surface area contributed by atoms with Crippen molar-refractivity contribution in [2.75, 3.05) is 0 Å². The molecule has 1 atom stereocenters. The zero-order chi connectivity index (χ0) is 9.31. The summed E-state index contributed by atoms with van der Waals surface area (Å²) >= 11 is 0. The molecule has 1 N–H and O–H groups in total. The minimum Gasteiger partial charge on any atom is -0.388 e. The third-order valence-electron chi connectivity index (χ3n) is 2.89. The fraction of sp³-hybridized carbons (Fsp3) is 0.333. The van der Waals surface area contributed by atoms with Gasteiger partial charge in [-0.05, 0) is 18.4 Å². The molecule has 0 saturated heterocycles. The Labute approximate surface area is 78.7 Å². The van der Waals surface area contributed by atoms with Gasteiger partial charge in [0.1, 0.15) is 0 Å². The smallest absolute Gasteiger partial charge is 0.0880 e. The SMILES string of the molecule is C=CC1(C(O)c2ccccc2)CC1. The molecule has 68 valence electrons. The Morgan fingerprint density at radius 2 is 1.92 bits per heavy atom. The summed E-state index contributed by atoms with van der Waals surface area (Å²) in [6, 6.07) is 9.81. The largest absolute Gasteiger partial charge is 0.388 e. The molecule has 2 rings (SSSR count). The molecule has 0 heterocycles. The highest BCUT2D eigenvalue weighted by Gasteiger charge is 2.46. The Morgan fingerprint density at radius 1 is 1.31 bits per heavy atom. The van der Waals surface area contributed by atoms with Crippen LogP contribution in [-0.2, 0) is 0 Å². The third-order valence-corrected chi connectivity index (χ3v) is 2.89. The Kier molecular flexibility index (Phi) is 1.97. The Bertz CT molecular complexity index is 298. The van der Waals surface area contributed by atoms with Gasteiger partial charge in [0.25, 0.3) is 0 Å². The number of rotatable bonds is 3. The maximum Gasteiger partial charge on any atom is 0.0880 e. The van der Waals surface area contributed by atoms with Crippen LogP contribution in [0.25, 0.3) is 0 Å². The third kappa shape index (κ3) is 1.40. The van der Waals surface area contributed by atoms with Gasteiger partial charge in [0.15, 0.2) is 0 Å². The summed E-state index contributed by atoms with van der Waals surface area (Å²) in [7, 11) is 0. The van der Waals surface area contributed by atoms with E-state index in [9.17, 15) is 5.11 Å². The van der Waals surface area contributed by atoms with Gasteiger partial charge in [-0.2, -0.15) is 0 Å². The van der Waals surface area contributed by atoms with Crippen molar-refractivity contribution in [2.45, 2.75) is 18.9 Å². The van der Waals surface area contributed by atoms with Gasteiger partial charge < -0.3 is 5.11 Å². The van der Waals surface area contributed by atoms with Crippen molar-refractivity contribution in [3.8, 4) is 0 Å². The number of hydrogen-bond acceptors (Lipinski definition) is 1. The van der Waals surface area contributed by atoms with Crippen LogP contribution < -0.4 is 0 Å². The summed E-state index contributed by atoms with van der Waals surface area (Å²) in [5, 5.41) is 10.0. The molecule has 13 heavy (non-hydrogen) atoms. The van der Waals surface area contributed by atoms with Gasteiger partial charge in [0.2, 0.25) is 0 Å². The second-order valence-electron chi connectivity index (χ2n) is 3.75. The fourth-order valence-corrected chi connectivity index (χ4v) is 1.70. The van der Waals surface area contributed by atoms with Gasteiger partial charge in [-0.25, -0.2) is 0 Å². The first-order valence-electron chi connectivity index (χ1n) is 4.65. The summed E-state index contributed by atoms with van der Waals surface area (Å²) in [4.78, 5) is 0. The molecule has 1 unspecified atom stereocenters. The molecular weight excluding hydrogens is 160 g/mol. The summed E-state index contributed by atoms with van der Waals surface area (Å²) in [6.45, 7) is 3.78. The lowest BCUT2D eigenvalue weighted by Gasteiger charge is -2.18. The summed E-state index contributed by atoms with van der Waals surface area (Å²) in [6.07, 6.45) is 3.65. The zero-order valence-corrected chi connectivity index (χ0v) is 7.61. The van der Waals surface area contributed by atoms with Crippen LogP contribution >= 0.6 is 0 Å². The molecular formula is C12H14O. The summed E-state index contributed by atoms with van der Waals surface area (Å²) in [5.74, 6) is 0. The second kappa shape index (κ2) is 3.00. The normalized spacial score (nSPS) is 20.7. The van der Waals surface area contributed by atoms with E-state index in [1.54, 1.807) is 0 Å². The predicted octanol–water partition coefficient (Wildman–Crippen LogP) is 2.69. The van der Waals surface area contributed by atoms with Crippen molar-refractivity contribution in [3.05, 3.63) is 48.6 Å². The Morgan fingerprint density at radius 3 is 2.38 bits per heavy atom. The van der Waals surface area contributed by atoms with Gasteiger partial charge in [-0.3, -0.25) is 0 Å². The van der Waals surface area contributed by atoms with Crippen LogP contribution in [0.4, 0.5) is 0 Å². The van der Waals surface area contributed by atoms with Crippen LogP contribution in [0.1, 0.15) is 24.5 Å². The predicted molar refractivity (Wildman–Crippen MR) is 53.3 cm³/mol. The van der Waals surface area contributed by atoms with Crippen LogP contribution in [0.5, 0.6) is 0 Å². The highest BCUT2D eigenvalue weighted by molar-refractivity contribution is 5.25. The molecule has 1 heteroatoms. The van der Waals surface area contributed by atoms with Crippen molar-refractivity contribution in [2.24, 2.45) is 5.41 Å². The molecule has 1 aromatic carbocycles. The van der Waals surface area contributed by atoms with E-state index in [-0.39, 0.29) is 11.5 Å². The lowest BCUT2D eigenvalue weighted by Crippen LogP contribution is -2.10. The number of hydrogen-bond donors (Lipinski definition) is 1. The molecule has 0 amide bonds. The molecule has 1 aliphatic carbocycles. The quantitative estimate of drug-likeness (QED) is 0.698. The van der Waals surface area contributed by atoms with Gasteiger partial charge >= 0.3 is 0 Å². The van der Waals surface area contributed by atoms with Crippen molar-refractivity contribution in [1.29, 1.82) is 0 Å². The second-order valence-corrected chi connectivity index (χ2v) is 3.75. The average molecular weight is 174 g/mol. The highest BCUT2D eigenvalue weighted by atomic mass is 16.3. The van der Waals surface area contributed by atoms with Crippen LogP contribution in [-0.4, -0.2) is 5.11 Å². The van der Waals surface area contributed by atoms with E-state index >= 15 is 0 Å². The van der Waals surface area contributed by atoms with Crippen LogP contribution in [0.3, 0.4) is 0 Å². The van der Waals surface area contributed by atoms with Gasteiger partial charge in [0, 0.05) is 5.41 Å². The fourth-order valence-electron chi connectivity index (χ4n) is 1.70. The van der Waals surface area contributed by atoms with Crippen molar-refractivity contribution in [3.63, 3.8) is 0 Å². The number of aliphatic hydroxyl groups excluding tert-OH is 1. The first-order chi connectivity index (χ1) is 6.28. The van der Waals surface area contributed by atoms with Crippen LogP contribution in [0.15, 0.2) is 43.0 Å². The van der Waals surface area contributed by atoms with Crippen molar-refractivity contribution < 1.29 is 5.11 Å². The molecule has 1 aromatic rings. The molecule has 1 fully saturated rings.